The average molecular weight is 315 g/mol. The number of aromatic nitrogens is 2. The molecule has 0 atom stereocenters. The van der Waals surface area contributed by atoms with Gasteiger partial charge in [0.05, 0.1) is 5.69 Å². The second-order valence-electron chi connectivity index (χ2n) is 7.43. The van der Waals surface area contributed by atoms with Crippen molar-refractivity contribution in [1.29, 1.82) is 0 Å². The number of nitrogens with zero attached hydrogens (tertiary/aromatic N) is 2. The Labute approximate surface area is 139 Å². The third kappa shape index (κ3) is 5.10. The second-order valence-corrected chi connectivity index (χ2v) is 7.43. The van der Waals surface area contributed by atoms with Crippen LogP contribution >= 0.6 is 0 Å². The summed E-state index contributed by atoms with van der Waals surface area (Å²) in [5.41, 5.74) is 10.6. The van der Waals surface area contributed by atoms with Crippen LogP contribution in [0.15, 0.2) is 24.3 Å². The molecule has 0 aliphatic carbocycles. The van der Waals surface area contributed by atoms with Crippen molar-refractivity contribution in [3.8, 4) is 5.88 Å². The Hall–Kier alpha value is -1.81. The smallest absolute Gasteiger partial charge is 0.212 e. The number of ether oxygens (including phenoxy) is 1. The molecule has 4 nitrogen and oxygen atoms in total. The summed E-state index contributed by atoms with van der Waals surface area (Å²) in [7, 11) is 0. The van der Waals surface area contributed by atoms with E-state index in [1.54, 1.807) is 0 Å². The standard InChI is InChI=1S/C19H29N3O/c1-14-6-7-15(2)16(10-14)13-23-18-11-17(12-20)21-22(18)9-8-19(3,4)5/h6-7,10-11H,8-9,12-13,20H2,1-5H3. The van der Waals surface area contributed by atoms with Crippen LogP contribution < -0.4 is 10.5 Å². The molecule has 2 rings (SSSR count). The minimum Gasteiger partial charge on any atom is -0.473 e. The van der Waals surface area contributed by atoms with E-state index in [0.717, 1.165) is 24.5 Å². The predicted octanol–water partition coefficient (Wildman–Crippen LogP) is 3.97. The lowest BCUT2D eigenvalue weighted by Crippen LogP contribution is -2.13. The highest BCUT2D eigenvalue weighted by molar-refractivity contribution is 5.30. The van der Waals surface area contributed by atoms with Crippen LogP contribution in [0.25, 0.3) is 0 Å². The van der Waals surface area contributed by atoms with Crippen LogP contribution in [0.4, 0.5) is 0 Å². The summed E-state index contributed by atoms with van der Waals surface area (Å²) in [6, 6.07) is 8.39. The van der Waals surface area contributed by atoms with Gasteiger partial charge in [0.1, 0.15) is 6.61 Å². The maximum absolute atomic E-state index is 6.05. The minimum atomic E-state index is 0.263. The van der Waals surface area contributed by atoms with Gasteiger partial charge in [-0.25, -0.2) is 4.68 Å². The number of hydrogen-bond acceptors (Lipinski definition) is 3. The molecule has 0 aliphatic rings. The summed E-state index contributed by atoms with van der Waals surface area (Å²) in [5.74, 6) is 0.801. The first-order valence-corrected chi connectivity index (χ1v) is 8.24. The molecule has 2 N–H and O–H groups in total. The van der Waals surface area contributed by atoms with Crippen molar-refractivity contribution in [2.45, 2.75) is 60.7 Å². The van der Waals surface area contributed by atoms with Crippen LogP contribution in [0.2, 0.25) is 0 Å². The second kappa shape index (κ2) is 7.18. The summed E-state index contributed by atoms with van der Waals surface area (Å²) < 4.78 is 7.99. The minimum absolute atomic E-state index is 0.263. The van der Waals surface area contributed by atoms with Gasteiger partial charge < -0.3 is 10.5 Å². The molecule has 0 spiro atoms. The average Bonchev–Trinajstić information content (AvgIpc) is 2.88. The van der Waals surface area contributed by atoms with Gasteiger partial charge >= 0.3 is 0 Å². The Morgan fingerprint density at radius 3 is 2.57 bits per heavy atom. The number of benzene rings is 1. The van der Waals surface area contributed by atoms with E-state index in [-0.39, 0.29) is 5.41 Å². The van der Waals surface area contributed by atoms with E-state index in [1.165, 1.54) is 16.7 Å². The fourth-order valence-corrected chi connectivity index (χ4v) is 2.38. The summed E-state index contributed by atoms with van der Waals surface area (Å²) in [4.78, 5) is 0. The number of hydrogen-bond donors (Lipinski definition) is 1. The number of rotatable bonds is 6. The van der Waals surface area contributed by atoms with Gasteiger partial charge in [-0.1, -0.05) is 44.5 Å². The van der Waals surface area contributed by atoms with Gasteiger partial charge in [0, 0.05) is 19.2 Å². The zero-order chi connectivity index (χ0) is 17.0. The first-order valence-electron chi connectivity index (χ1n) is 8.24. The zero-order valence-electron chi connectivity index (χ0n) is 15.0. The molecule has 0 amide bonds. The molecule has 0 radical (unpaired) electrons. The lowest BCUT2D eigenvalue weighted by Gasteiger charge is -2.18. The van der Waals surface area contributed by atoms with Gasteiger partial charge in [-0.3, -0.25) is 0 Å². The SMILES string of the molecule is Cc1ccc(C)c(COc2cc(CN)nn2CCC(C)(C)C)c1. The van der Waals surface area contributed by atoms with Crippen LogP contribution in [0.3, 0.4) is 0 Å². The molecule has 1 aromatic heterocycles. The van der Waals surface area contributed by atoms with Gasteiger partial charge in [0.25, 0.3) is 0 Å². The van der Waals surface area contributed by atoms with E-state index in [9.17, 15) is 0 Å². The van der Waals surface area contributed by atoms with E-state index in [2.05, 4.69) is 57.9 Å². The van der Waals surface area contributed by atoms with Crippen molar-refractivity contribution in [1.82, 2.24) is 9.78 Å². The van der Waals surface area contributed by atoms with Crippen LogP contribution in [0.1, 0.15) is 49.6 Å². The Morgan fingerprint density at radius 1 is 1.17 bits per heavy atom. The van der Waals surface area contributed by atoms with Gasteiger partial charge in [0.15, 0.2) is 0 Å². The largest absolute Gasteiger partial charge is 0.473 e. The predicted molar refractivity (Wildman–Crippen MR) is 94.4 cm³/mol. The summed E-state index contributed by atoms with van der Waals surface area (Å²) in [6.07, 6.45) is 1.04. The molecule has 1 heterocycles. The van der Waals surface area contributed by atoms with Crippen molar-refractivity contribution in [3.05, 3.63) is 46.6 Å². The molecule has 0 aliphatic heterocycles. The van der Waals surface area contributed by atoms with Crippen molar-refractivity contribution in [2.75, 3.05) is 0 Å². The number of aryl methyl sites for hydroxylation is 3. The molecule has 0 bridgehead atoms. The van der Waals surface area contributed by atoms with Crippen molar-refractivity contribution in [3.63, 3.8) is 0 Å². The fourth-order valence-electron chi connectivity index (χ4n) is 2.38. The molecule has 126 valence electrons. The van der Waals surface area contributed by atoms with Gasteiger partial charge in [0.2, 0.25) is 5.88 Å². The maximum Gasteiger partial charge on any atom is 0.212 e. The molecule has 0 saturated heterocycles. The van der Waals surface area contributed by atoms with Gasteiger partial charge in [-0.2, -0.15) is 5.10 Å². The summed E-state index contributed by atoms with van der Waals surface area (Å²) >= 11 is 0. The van der Waals surface area contributed by atoms with Crippen LogP contribution in [-0.4, -0.2) is 9.78 Å². The highest BCUT2D eigenvalue weighted by Crippen LogP contribution is 2.23. The van der Waals surface area contributed by atoms with Crippen LogP contribution in [-0.2, 0) is 19.7 Å². The van der Waals surface area contributed by atoms with E-state index in [1.807, 2.05) is 10.7 Å². The Balaban J connectivity index is 2.12. The quantitative estimate of drug-likeness (QED) is 0.877. The maximum atomic E-state index is 6.05. The van der Waals surface area contributed by atoms with E-state index >= 15 is 0 Å². The zero-order valence-corrected chi connectivity index (χ0v) is 15.0. The van der Waals surface area contributed by atoms with E-state index in [0.29, 0.717) is 13.2 Å². The molecule has 4 heteroatoms. The van der Waals surface area contributed by atoms with Crippen LogP contribution in [0, 0.1) is 19.3 Å². The highest BCUT2D eigenvalue weighted by atomic mass is 16.5. The molecule has 1 aromatic carbocycles. The topological polar surface area (TPSA) is 53.1 Å². The van der Waals surface area contributed by atoms with Crippen molar-refractivity contribution < 1.29 is 4.74 Å². The molecular formula is C19H29N3O. The van der Waals surface area contributed by atoms with Crippen LogP contribution in [0.5, 0.6) is 5.88 Å². The number of nitrogens with two attached hydrogens (primary N) is 1. The van der Waals surface area contributed by atoms with Gasteiger partial charge in [-0.05, 0) is 36.8 Å². The highest BCUT2D eigenvalue weighted by Gasteiger charge is 2.14. The lowest BCUT2D eigenvalue weighted by atomic mass is 9.92. The Kier molecular flexibility index (Phi) is 5.47. The van der Waals surface area contributed by atoms with E-state index in [4.69, 9.17) is 10.5 Å². The summed E-state index contributed by atoms with van der Waals surface area (Å²) in [5, 5.41) is 4.55. The molecule has 2 aromatic rings. The fraction of sp³-hybridized carbons (Fsp3) is 0.526. The Bertz CT molecular complexity index is 653. The third-order valence-corrected chi connectivity index (χ3v) is 3.96. The van der Waals surface area contributed by atoms with Crippen molar-refractivity contribution in [2.24, 2.45) is 11.1 Å². The lowest BCUT2D eigenvalue weighted by molar-refractivity contribution is 0.258. The Morgan fingerprint density at radius 2 is 1.91 bits per heavy atom. The van der Waals surface area contributed by atoms with Gasteiger partial charge in [-0.15, -0.1) is 0 Å². The first-order chi connectivity index (χ1) is 10.8. The molecular weight excluding hydrogens is 286 g/mol. The first kappa shape index (κ1) is 17.5. The van der Waals surface area contributed by atoms with Crippen molar-refractivity contribution >= 4 is 0 Å². The van der Waals surface area contributed by atoms with E-state index < -0.39 is 0 Å². The molecule has 23 heavy (non-hydrogen) atoms. The molecule has 0 saturated carbocycles. The normalized spacial score (nSPS) is 11.7. The third-order valence-electron chi connectivity index (χ3n) is 3.96. The monoisotopic (exact) mass is 315 g/mol. The molecule has 0 unspecified atom stereocenters. The molecule has 0 fully saturated rings. The summed E-state index contributed by atoms with van der Waals surface area (Å²) in [6.45, 7) is 12.7.